The third-order valence-corrected chi connectivity index (χ3v) is 3.24. The van der Waals surface area contributed by atoms with E-state index in [0.717, 1.165) is 35.3 Å². The Kier molecular flexibility index (Phi) is 5.55. The summed E-state index contributed by atoms with van der Waals surface area (Å²) in [7, 11) is 0. The van der Waals surface area contributed by atoms with Gasteiger partial charge in [-0.25, -0.2) is 0 Å². The normalized spacial score (nSPS) is 10.8. The Morgan fingerprint density at radius 3 is 2.75 bits per heavy atom. The van der Waals surface area contributed by atoms with Gasteiger partial charge in [-0.1, -0.05) is 29.8 Å². The molecule has 0 fully saturated rings. The first-order chi connectivity index (χ1) is 9.72. The lowest BCUT2D eigenvalue weighted by Gasteiger charge is -2.11. The van der Waals surface area contributed by atoms with Gasteiger partial charge in [0.25, 0.3) is 5.89 Å². The number of aromatic nitrogens is 2. The molecule has 0 saturated carbocycles. The molecule has 2 aromatic rings. The third-order valence-electron chi connectivity index (χ3n) is 2.75. The predicted molar refractivity (Wildman–Crippen MR) is 79.5 cm³/mol. The molecule has 1 aromatic heterocycles. The van der Waals surface area contributed by atoms with Crippen LogP contribution in [0.5, 0.6) is 5.75 Å². The Morgan fingerprint density at radius 2 is 2.05 bits per heavy atom. The van der Waals surface area contributed by atoms with Gasteiger partial charge in [-0.2, -0.15) is 0 Å². The summed E-state index contributed by atoms with van der Waals surface area (Å²) in [5.74, 6) is 1.96. The fourth-order valence-electron chi connectivity index (χ4n) is 1.72. The van der Waals surface area contributed by atoms with Gasteiger partial charge in [0.05, 0.1) is 0 Å². The second-order valence-corrected chi connectivity index (χ2v) is 5.18. The molecule has 0 aliphatic heterocycles. The van der Waals surface area contributed by atoms with Crippen LogP contribution in [0.3, 0.4) is 0 Å². The first-order valence-corrected chi connectivity index (χ1v) is 7.45. The van der Waals surface area contributed by atoms with Crippen molar-refractivity contribution in [2.45, 2.75) is 33.4 Å². The predicted octanol–water partition coefficient (Wildman–Crippen LogP) is 3.08. The Bertz CT molecular complexity index is 557. The first-order valence-electron chi connectivity index (χ1n) is 6.66. The molecule has 1 aromatic carbocycles. The lowest BCUT2D eigenvalue weighted by atomic mass is 10.2. The van der Waals surface area contributed by atoms with Crippen molar-refractivity contribution in [1.29, 1.82) is 0 Å². The number of nitrogens with one attached hydrogen (secondary N) is 1. The Hall–Kier alpha value is -1.40. The van der Waals surface area contributed by atoms with E-state index in [1.807, 2.05) is 25.1 Å². The van der Waals surface area contributed by atoms with Gasteiger partial charge >= 0.3 is 0 Å². The van der Waals surface area contributed by atoms with Crippen LogP contribution < -0.4 is 10.1 Å². The SMILES string of the molecule is CCNCc1cc(Br)ccc1OCc1nnc(CC)o1. The molecule has 1 heterocycles. The smallest absolute Gasteiger partial charge is 0.253 e. The van der Waals surface area contributed by atoms with Crippen molar-refractivity contribution in [2.24, 2.45) is 0 Å². The lowest BCUT2D eigenvalue weighted by Crippen LogP contribution is -2.13. The van der Waals surface area contributed by atoms with Crippen LogP contribution in [-0.2, 0) is 19.6 Å². The number of hydrogen-bond acceptors (Lipinski definition) is 5. The topological polar surface area (TPSA) is 60.2 Å². The molecular weight excluding hydrogens is 322 g/mol. The molecule has 5 nitrogen and oxygen atoms in total. The highest BCUT2D eigenvalue weighted by atomic mass is 79.9. The second kappa shape index (κ2) is 7.40. The Labute approximate surface area is 126 Å². The number of nitrogens with zero attached hydrogens (tertiary/aromatic N) is 2. The number of aryl methyl sites for hydroxylation is 1. The van der Waals surface area contributed by atoms with Crippen molar-refractivity contribution in [1.82, 2.24) is 15.5 Å². The summed E-state index contributed by atoms with van der Waals surface area (Å²) >= 11 is 3.47. The summed E-state index contributed by atoms with van der Waals surface area (Å²) in [6.45, 7) is 6.00. The van der Waals surface area contributed by atoms with E-state index in [1.165, 1.54) is 0 Å². The molecule has 0 saturated heterocycles. The van der Waals surface area contributed by atoms with Crippen LogP contribution in [0.1, 0.15) is 31.2 Å². The monoisotopic (exact) mass is 339 g/mol. The van der Waals surface area contributed by atoms with E-state index in [4.69, 9.17) is 9.15 Å². The molecule has 2 rings (SSSR count). The second-order valence-electron chi connectivity index (χ2n) is 4.26. The zero-order valence-electron chi connectivity index (χ0n) is 11.6. The zero-order valence-corrected chi connectivity index (χ0v) is 13.2. The van der Waals surface area contributed by atoms with Crippen LogP contribution in [-0.4, -0.2) is 16.7 Å². The van der Waals surface area contributed by atoms with Crippen LogP contribution in [0.15, 0.2) is 27.1 Å². The molecule has 20 heavy (non-hydrogen) atoms. The van der Waals surface area contributed by atoms with E-state index < -0.39 is 0 Å². The number of hydrogen-bond donors (Lipinski definition) is 1. The van der Waals surface area contributed by atoms with Crippen molar-refractivity contribution >= 4 is 15.9 Å². The van der Waals surface area contributed by atoms with E-state index in [2.05, 4.69) is 38.4 Å². The standard InChI is InChI=1S/C14H18BrN3O2/c1-3-13-17-18-14(20-13)9-19-12-6-5-11(15)7-10(12)8-16-4-2/h5-7,16H,3-4,8-9H2,1-2H3. The lowest BCUT2D eigenvalue weighted by molar-refractivity contribution is 0.256. The molecule has 0 radical (unpaired) electrons. The van der Waals surface area contributed by atoms with Gasteiger partial charge in [-0.05, 0) is 24.7 Å². The van der Waals surface area contributed by atoms with Crippen LogP contribution >= 0.6 is 15.9 Å². The average Bonchev–Trinajstić information content (AvgIpc) is 2.92. The van der Waals surface area contributed by atoms with Gasteiger partial charge in [0.2, 0.25) is 5.89 Å². The maximum Gasteiger partial charge on any atom is 0.253 e. The molecule has 108 valence electrons. The average molecular weight is 340 g/mol. The molecule has 0 amide bonds. The highest BCUT2D eigenvalue weighted by Crippen LogP contribution is 2.24. The van der Waals surface area contributed by atoms with E-state index in [9.17, 15) is 0 Å². The summed E-state index contributed by atoms with van der Waals surface area (Å²) in [6.07, 6.45) is 0.733. The van der Waals surface area contributed by atoms with Crippen molar-refractivity contribution in [3.8, 4) is 5.75 Å². The molecule has 0 unspecified atom stereocenters. The van der Waals surface area contributed by atoms with Gasteiger partial charge in [0.15, 0.2) is 6.61 Å². The highest BCUT2D eigenvalue weighted by molar-refractivity contribution is 9.10. The molecule has 0 bridgehead atoms. The van der Waals surface area contributed by atoms with Crippen LogP contribution in [0.25, 0.3) is 0 Å². The van der Waals surface area contributed by atoms with Gasteiger partial charge in [0, 0.05) is 23.0 Å². The summed E-state index contributed by atoms with van der Waals surface area (Å²) in [5.41, 5.74) is 1.09. The van der Waals surface area contributed by atoms with Crippen molar-refractivity contribution in [2.75, 3.05) is 6.54 Å². The van der Waals surface area contributed by atoms with E-state index >= 15 is 0 Å². The molecule has 0 atom stereocenters. The maximum absolute atomic E-state index is 5.78. The number of halogens is 1. The van der Waals surface area contributed by atoms with Gasteiger partial charge in [0.1, 0.15) is 5.75 Å². The maximum atomic E-state index is 5.78. The van der Waals surface area contributed by atoms with Crippen LogP contribution in [0, 0.1) is 0 Å². The minimum absolute atomic E-state index is 0.285. The van der Waals surface area contributed by atoms with Crippen LogP contribution in [0.4, 0.5) is 0 Å². The summed E-state index contributed by atoms with van der Waals surface area (Å²) in [6, 6.07) is 5.94. The van der Waals surface area contributed by atoms with Crippen LogP contribution in [0.2, 0.25) is 0 Å². The van der Waals surface area contributed by atoms with Gasteiger partial charge < -0.3 is 14.5 Å². The van der Waals surface area contributed by atoms with Gasteiger partial charge in [-0.3, -0.25) is 0 Å². The van der Waals surface area contributed by atoms with Crippen molar-refractivity contribution in [3.05, 3.63) is 40.0 Å². The number of ether oxygens (including phenoxy) is 1. The Morgan fingerprint density at radius 1 is 1.25 bits per heavy atom. The quantitative estimate of drug-likeness (QED) is 0.839. The minimum Gasteiger partial charge on any atom is -0.483 e. The summed E-state index contributed by atoms with van der Waals surface area (Å²) in [5, 5.41) is 11.2. The number of benzene rings is 1. The Balaban J connectivity index is 2.04. The van der Waals surface area contributed by atoms with E-state index in [1.54, 1.807) is 0 Å². The molecule has 6 heteroatoms. The largest absolute Gasteiger partial charge is 0.483 e. The van der Waals surface area contributed by atoms with Gasteiger partial charge in [-0.15, -0.1) is 10.2 Å². The molecule has 0 aliphatic carbocycles. The molecule has 0 aliphatic rings. The van der Waals surface area contributed by atoms with Crippen molar-refractivity contribution in [3.63, 3.8) is 0 Å². The highest BCUT2D eigenvalue weighted by Gasteiger charge is 2.08. The van der Waals surface area contributed by atoms with Crippen molar-refractivity contribution < 1.29 is 9.15 Å². The summed E-state index contributed by atoms with van der Waals surface area (Å²) < 4.78 is 12.2. The molecule has 1 N–H and O–H groups in total. The zero-order chi connectivity index (χ0) is 14.4. The minimum atomic E-state index is 0.285. The molecule has 0 spiro atoms. The van der Waals surface area contributed by atoms with E-state index in [-0.39, 0.29) is 6.61 Å². The fraction of sp³-hybridized carbons (Fsp3) is 0.429. The summed E-state index contributed by atoms with van der Waals surface area (Å²) in [4.78, 5) is 0. The fourth-order valence-corrected chi connectivity index (χ4v) is 2.12. The first kappa shape index (κ1) is 15.0. The third kappa shape index (κ3) is 4.05. The molecular formula is C14H18BrN3O2. The number of rotatable bonds is 7. The van der Waals surface area contributed by atoms with E-state index in [0.29, 0.717) is 11.8 Å².